The number of aryl methyl sites for hydroxylation is 2. The summed E-state index contributed by atoms with van der Waals surface area (Å²) in [5.41, 5.74) is 11.3. The first-order valence-corrected chi connectivity index (χ1v) is 4.66. The average molecular weight is 207 g/mol. The van der Waals surface area contributed by atoms with Gasteiger partial charge in [-0.15, -0.1) is 0 Å². The van der Waals surface area contributed by atoms with Gasteiger partial charge in [-0.2, -0.15) is 5.10 Å². The van der Waals surface area contributed by atoms with Gasteiger partial charge in [0.25, 0.3) is 0 Å². The lowest BCUT2D eigenvalue weighted by molar-refractivity contribution is 1.04. The van der Waals surface area contributed by atoms with Crippen LogP contribution in [0.15, 0.2) is 23.3 Å². The second-order valence-corrected chi connectivity index (χ2v) is 3.52. The van der Waals surface area contributed by atoms with E-state index in [4.69, 9.17) is 5.73 Å². The number of hydrogen-bond donors (Lipinski definition) is 2. The molecule has 0 aliphatic carbocycles. The number of benzene rings is 1. The molecular formula is C10H13N3S. The normalized spacial score (nSPS) is 10.4. The van der Waals surface area contributed by atoms with E-state index in [9.17, 15) is 0 Å². The van der Waals surface area contributed by atoms with Crippen molar-refractivity contribution in [3.05, 3.63) is 34.9 Å². The molecule has 1 aromatic carbocycles. The van der Waals surface area contributed by atoms with E-state index in [1.165, 1.54) is 11.1 Å². The molecule has 0 saturated heterocycles. The van der Waals surface area contributed by atoms with Crippen LogP contribution in [-0.2, 0) is 0 Å². The summed E-state index contributed by atoms with van der Waals surface area (Å²) in [6.07, 6.45) is 1.69. The molecule has 74 valence electrons. The van der Waals surface area contributed by atoms with Crippen molar-refractivity contribution < 1.29 is 0 Å². The molecule has 0 aliphatic rings. The van der Waals surface area contributed by atoms with Gasteiger partial charge in [0, 0.05) is 0 Å². The summed E-state index contributed by atoms with van der Waals surface area (Å²) in [4.78, 5) is 0. The van der Waals surface area contributed by atoms with Crippen molar-refractivity contribution in [1.82, 2.24) is 5.43 Å². The van der Waals surface area contributed by atoms with Crippen LogP contribution >= 0.6 is 12.2 Å². The Bertz CT molecular complexity index is 372. The Morgan fingerprint density at radius 2 is 2.14 bits per heavy atom. The van der Waals surface area contributed by atoms with Crippen molar-refractivity contribution in [2.45, 2.75) is 13.8 Å². The van der Waals surface area contributed by atoms with Crippen LogP contribution in [0.3, 0.4) is 0 Å². The number of nitrogens with two attached hydrogens (primary N) is 1. The van der Waals surface area contributed by atoms with E-state index < -0.39 is 0 Å². The van der Waals surface area contributed by atoms with Crippen molar-refractivity contribution in [1.29, 1.82) is 0 Å². The quantitative estimate of drug-likeness (QED) is 0.438. The zero-order valence-corrected chi connectivity index (χ0v) is 9.06. The molecule has 0 atom stereocenters. The second kappa shape index (κ2) is 4.72. The minimum atomic E-state index is 0.171. The lowest BCUT2D eigenvalue weighted by Gasteiger charge is -2.00. The highest BCUT2D eigenvalue weighted by atomic mass is 32.1. The molecule has 0 spiro atoms. The maximum absolute atomic E-state index is 5.22. The van der Waals surface area contributed by atoms with Gasteiger partial charge in [-0.1, -0.05) is 18.2 Å². The minimum Gasteiger partial charge on any atom is -0.375 e. The molecule has 1 aromatic rings. The van der Waals surface area contributed by atoms with E-state index in [-0.39, 0.29) is 5.11 Å². The Balaban J connectivity index is 2.73. The first-order chi connectivity index (χ1) is 6.59. The van der Waals surface area contributed by atoms with Gasteiger partial charge < -0.3 is 5.73 Å². The molecule has 0 saturated carbocycles. The smallest absolute Gasteiger partial charge is 0.184 e. The van der Waals surface area contributed by atoms with Gasteiger partial charge in [0.05, 0.1) is 6.21 Å². The predicted molar refractivity (Wildman–Crippen MR) is 63.4 cm³/mol. The highest BCUT2D eigenvalue weighted by Gasteiger charge is 1.92. The van der Waals surface area contributed by atoms with Gasteiger partial charge in [-0.25, -0.2) is 0 Å². The van der Waals surface area contributed by atoms with Gasteiger partial charge in [-0.3, -0.25) is 5.43 Å². The summed E-state index contributed by atoms with van der Waals surface area (Å²) in [7, 11) is 0. The molecule has 0 amide bonds. The van der Waals surface area contributed by atoms with E-state index in [0.29, 0.717) is 0 Å². The molecule has 14 heavy (non-hydrogen) atoms. The van der Waals surface area contributed by atoms with E-state index in [1.54, 1.807) is 6.21 Å². The third kappa shape index (κ3) is 3.14. The van der Waals surface area contributed by atoms with Crippen LogP contribution in [0.2, 0.25) is 0 Å². The Kier molecular flexibility index (Phi) is 3.59. The molecule has 0 heterocycles. The number of nitrogens with zero attached hydrogens (tertiary/aromatic N) is 1. The van der Waals surface area contributed by atoms with Crippen LogP contribution in [0.4, 0.5) is 0 Å². The fourth-order valence-corrected chi connectivity index (χ4v) is 1.07. The van der Waals surface area contributed by atoms with Crippen LogP contribution in [0.5, 0.6) is 0 Å². The van der Waals surface area contributed by atoms with Gasteiger partial charge >= 0.3 is 0 Å². The van der Waals surface area contributed by atoms with Gasteiger partial charge in [-0.05, 0) is 42.8 Å². The largest absolute Gasteiger partial charge is 0.375 e. The Morgan fingerprint density at radius 3 is 2.71 bits per heavy atom. The highest BCUT2D eigenvalue weighted by molar-refractivity contribution is 7.80. The van der Waals surface area contributed by atoms with Crippen molar-refractivity contribution in [3.63, 3.8) is 0 Å². The molecule has 0 aromatic heterocycles. The molecule has 4 heteroatoms. The maximum atomic E-state index is 5.22. The van der Waals surface area contributed by atoms with Crippen LogP contribution in [0.1, 0.15) is 16.7 Å². The summed E-state index contributed by atoms with van der Waals surface area (Å²) < 4.78 is 0. The number of rotatable bonds is 2. The summed E-state index contributed by atoms with van der Waals surface area (Å²) in [5.74, 6) is 0. The van der Waals surface area contributed by atoms with E-state index >= 15 is 0 Å². The lowest BCUT2D eigenvalue weighted by atomic mass is 10.1. The van der Waals surface area contributed by atoms with Gasteiger partial charge in [0.2, 0.25) is 0 Å². The Labute approximate surface area is 89.0 Å². The number of thiocarbonyl (C=S) groups is 1. The number of nitrogens with one attached hydrogen (secondary N) is 1. The Morgan fingerprint density at radius 1 is 1.43 bits per heavy atom. The third-order valence-electron chi connectivity index (χ3n) is 1.92. The molecule has 3 nitrogen and oxygen atoms in total. The standard InChI is InChI=1S/C10H13N3S/c1-7-3-4-9(5-8(7)2)6-12-13-10(11)14/h3-6H,1-2H3,(H3,11,13,14)/b12-6+. The second-order valence-electron chi connectivity index (χ2n) is 3.08. The predicted octanol–water partition coefficient (Wildman–Crippen LogP) is 1.47. The molecular weight excluding hydrogens is 194 g/mol. The van der Waals surface area contributed by atoms with Crippen LogP contribution < -0.4 is 11.2 Å². The van der Waals surface area contributed by atoms with Crippen molar-refractivity contribution in [3.8, 4) is 0 Å². The zero-order chi connectivity index (χ0) is 10.6. The lowest BCUT2D eigenvalue weighted by Crippen LogP contribution is -2.23. The number of hydrogen-bond acceptors (Lipinski definition) is 2. The monoisotopic (exact) mass is 207 g/mol. The summed E-state index contributed by atoms with van der Waals surface area (Å²) >= 11 is 4.61. The van der Waals surface area contributed by atoms with Crippen LogP contribution in [-0.4, -0.2) is 11.3 Å². The van der Waals surface area contributed by atoms with E-state index in [1.807, 2.05) is 6.07 Å². The molecule has 0 bridgehead atoms. The topological polar surface area (TPSA) is 50.4 Å². The highest BCUT2D eigenvalue weighted by Crippen LogP contribution is 2.07. The molecule has 1 rings (SSSR count). The fourth-order valence-electron chi connectivity index (χ4n) is 1.02. The maximum Gasteiger partial charge on any atom is 0.184 e. The molecule has 3 N–H and O–H groups in total. The van der Waals surface area contributed by atoms with Gasteiger partial charge in [0.1, 0.15) is 0 Å². The molecule has 0 radical (unpaired) electrons. The Hall–Kier alpha value is -1.42. The summed E-state index contributed by atoms with van der Waals surface area (Å²) in [5, 5.41) is 4.04. The first-order valence-electron chi connectivity index (χ1n) is 4.25. The average Bonchev–Trinajstić information content (AvgIpc) is 2.10. The molecule has 0 aliphatic heterocycles. The van der Waals surface area contributed by atoms with Crippen molar-refractivity contribution in [2.75, 3.05) is 0 Å². The van der Waals surface area contributed by atoms with Gasteiger partial charge in [0.15, 0.2) is 5.11 Å². The summed E-state index contributed by atoms with van der Waals surface area (Å²) in [6.45, 7) is 4.14. The third-order valence-corrected chi connectivity index (χ3v) is 2.01. The SMILES string of the molecule is Cc1ccc(/C=N/NC(N)=S)cc1C. The zero-order valence-electron chi connectivity index (χ0n) is 8.24. The molecule has 0 fully saturated rings. The minimum absolute atomic E-state index is 0.171. The van der Waals surface area contributed by atoms with E-state index in [0.717, 1.165) is 5.56 Å². The summed E-state index contributed by atoms with van der Waals surface area (Å²) in [6, 6.07) is 6.10. The van der Waals surface area contributed by atoms with Crippen molar-refractivity contribution >= 4 is 23.5 Å². The molecule has 0 unspecified atom stereocenters. The van der Waals surface area contributed by atoms with Crippen LogP contribution in [0.25, 0.3) is 0 Å². The fraction of sp³-hybridized carbons (Fsp3) is 0.200. The van der Waals surface area contributed by atoms with Crippen molar-refractivity contribution in [2.24, 2.45) is 10.8 Å². The van der Waals surface area contributed by atoms with E-state index in [2.05, 4.69) is 48.7 Å². The number of hydrazone groups is 1. The first kappa shape index (κ1) is 10.7. The van der Waals surface area contributed by atoms with Crippen LogP contribution in [0, 0.1) is 13.8 Å².